The third-order valence-corrected chi connectivity index (χ3v) is 8.67. The van der Waals surface area contributed by atoms with Crippen LogP contribution in [0.5, 0.6) is 0 Å². The molecular formula is C30H30Cl2N6O2. The number of nitrogens with zero attached hydrogens (tertiary/aromatic N) is 4. The van der Waals surface area contributed by atoms with E-state index in [-0.39, 0.29) is 23.2 Å². The molecule has 2 aromatic carbocycles. The molecule has 0 aliphatic heterocycles. The van der Waals surface area contributed by atoms with Crippen molar-refractivity contribution in [1.29, 1.82) is 0 Å². The molecule has 8 nitrogen and oxygen atoms in total. The fourth-order valence-electron chi connectivity index (χ4n) is 5.44. The van der Waals surface area contributed by atoms with Crippen LogP contribution in [0, 0.1) is 11.3 Å². The highest BCUT2D eigenvalue weighted by molar-refractivity contribution is 6.42. The lowest BCUT2D eigenvalue weighted by atomic mass is 9.52. The first kappa shape index (κ1) is 27.8. The lowest BCUT2D eigenvalue weighted by Gasteiger charge is -2.52. The van der Waals surface area contributed by atoms with Gasteiger partial charge in [-0.05, 0) is 47.6 Å². The first-order valence-corrected chi connectivity index (χ1v) is 13.8. The summed E-state index contributed by atoms with van der Waals surface area (Å²) in [5.74, 6) is -0.534. The first-order chi connectivity index (χ1) is 19.1. The summed E-state index contributed by atoms with van der Waals surface area (Å²) in [6.07, 6.45) is 6.34. The van der Waals surface area contributed by atoms with Crippen LogP contribution >= 0.6 is 23.2 Å². The average Bonchev–Trinajstić information content (AvgIpc) is 3.37. The van der Waals surface area contributed by atoms with Crippen LogP contribution in [0.2, 0.25) is 10.0 Å². The van der Waals surface area contributed by atoms with Crippen LogP contribution in [0.25, 0.3) is 17.1 Å². The number of hydrogen-bond acceptors (Lipinski definition) is 5. The lowest BCUT2D eigenvalue weighted by Crippen LogP contribution is -2.49. The van der Waals surface area contributed by atoms with Crippen molar-refractivity contribution in [2.45, 2.75) is 45.1 Å². The highest BCUT2D eigenvalue weighted by atomic mass is 35.5. The number of benzene rings is 2. The first-order valence-electron chi connectivity index (χ1n) is 13.1. The van der Waals surface area contributed by atoms with Crippen LogP contribution in [0.4, 0.5) is 0 Å². The number of halogens is 2. The summed E-state index contributed by atoms with van der Waals surface area (Å²) < 4.78 is 1.87. The summed E-state index contributed by atoms with van der Waals surface area (Å²) in [6.45, 7) is 4.31. The smallest absolute Gasteiger partial charge is 0.240 e. The minimum atomic E-state index is -0.764. The molecule has 3 N–H and O–H groups in total. The van der Waals surface area contributed by atoms with E-state index >= 15 is 0 Å². The number of carbonyl (C=O) groups excluding carboxylic acids is 2. The summed E-state index contributed by atoms with van der Waals surface area (Å²) in [6, 6.07) is 16.2. The number of rotatable bonds is 9. The molecule has 4 aromatic rings. The van der Waals surface area contributed by atoms with Gasteiger partial charge in [0.15, 0.2) is 0 Å². The van der Waals surface area contributed by atoms with Gasteiger partial charge >= 0.3 is 0 Å². The van der Waals surface area contributed by atoms with Crippen molar-refractivity contribution < 1.29 is 9.59 Å². The van der Waals surface area contributed by atoms with E-state index in [2.05, 4.69) is 29.1 Å². The Morgan fingerprint density at radius 1 is 1.07 bits per heavy atom. The van der Waals surface area contributed by atoms with Crippen molar-refractivity contribution in [3.8, 4) is 17.1 Å². The van der Waals surface area contributed by atoms with Gasteiger partial charge in [-0.25, -0.2) is 4.68 Å². The van der Waals surface area contributed by atoms with Gasteiger partial charge in [0.25, 0.3) is 0 Å². The van der Waals surface area contributed by atoms with Crippen molar-refractivity contribution in [3.05, 3.63) is 94.5 Å². The van der Waals surface area contributed by atoms with Crippen LogP contribution in [0.15, 0.2) is 73.2 Å². The second-order valence-corrected chi connectivity index (χ2v) is 11.6. The zero-order valence-electron chi connectivity index (χ0n) is 22.2. The van der Waals surface area contributed by atoms with Gasteiger partial charge in [0.05, 0.1) is 21.9 Å². The Kier molecular flexibility index (Phi) is 7.92. The third kappa shape index (κ3) is 5.74. The Labute approximate surface area is 242 Å². The zero-order valence-corrected chi connectivity index (χ0v) is 23.7. The number of carbonyl (C=O) groups is 2. The summed E-state index contributed by atoms with van der Waals surface area (Å²) in [4.78, 5) is 33.7. The van der Waals surface area contributed by atoms with Crippen molar-refractivity contribution in [2.75, 3.05) is 0 Å². The SMILES string of the molecule is CC1(C)[C@@H](CC(=O)N[C@@H](Cc2ccccc2)C(N)=O)C[C@@H]1c1cc(-c2cnccn2)nn1-c1ccc(Cl)c(Cl)c1. The Bertz CT molecular complexity index is 1520. The fourth-order valence-corrected chi connectivity index (χ4v) is 5.73. The Morgan fingerprint density at radius 3 is 2.50 bits per heavy atom. The van der Waals surface area contributed by atoms with Gasteiger partial charge < -0.3 is 11.1 Å². The molecule has 2 amide bonds. The number of nitrogens with one attached hydrogen (secondary N) is 1. The van der Waals surface area contributed by atoms with E-state index in [9.17, 15) is 9.59 Å². The summed E-state index contributed by atoms with van der Waals surface area (Å²) in [5.41, 5.74) is 9.43. The maximum Gasteiger partial charge on any atom is 0.240 e. The summed E-state index contributed by atoms with van der Waals surface area (Å²) in [7, 11) is 0. The predicted octanol–water partition coefficient (Wildman–Crippen LogP) is 5.37. The lowest BCUT2D eigenvalue weighted by molar-refractivity contribution is -0.130. The molecule has 0 unspecified atom stereocenters. The molecule has 40 heavy (non-hydrogen) atoms. The van der Waals surface area contributed by atoms with E-state index in [0.29, 0.717) is 34.3 Å². The van der Waals surface area contributed by atoms with Gasteiger partial charge in [-0.1, -0.05) is 67.4 Å². The average molecular weight is 578 g/mol. The van der Waals surface area contributed by atoms with Crippen LogP contribution in [0.1, 0.15) is 43.9 Å². The van der Waals surface area contributed by atoms with Gasteiger partial charge in [-0.3, -0.25) is 19.6 Å². The molecular weight excluding hydrogens is 547 g/mol. The number of hydrogen-bond donors (Lipinski definition) is 2. The number of nitrogens with two attached hydrogens (primary N) is 1. The largest absolute Gasteiger partial charge is 0.368 e. The molecule has 10 heteroatoms. The number of amides is 2. The molecule has 5 rings (SSSR count). The van der Waals surface area contributed by atoms with Gasteiger partial charge in [-0.15, -0.1) is 0 Å². The van der Waals surface area contributed by atoms with Crippen molar-refractivity contribution >= 4 is 35.0 Å². The number of primary amides is 1. The fraction of sp³-hybridized carbons (Fsp3) is 0.300. The van der Waals surface area contributed by atoms with E-state index in [1.807, 2.05) is 47.1 Å². The third-order valence-electron chi connectivity index (χ3n) is 7.93. The van der Waals surface area contributed by atoms with Crippen LogP contribution < -0.4 is 11.1 Å². The van der Waals surface area contributed by atoms with Crippen molar-refractivity contribution in [3.63, 3.8) is 0 Å². The van der Waals surface area contributed by atoms with E-state index in [0.717, 1.165) is 23.4 Å². The molecule has 1 saturated carbocycles. The van der Waals surface area contributed by atoms with Crippen LogP contribution in [-0.4, -0.2) is 37.6 Å². The molecule has 0 spiro atoms. The molecule has 206 valence electrons. The number of aromatic nitrogens is 4. The van der Waals surface area contributed by atoms with E-state index in [1.165, 1.54) is 0 Å². The standard InChI is InChI=1S/C30H30Cl2N6O2/c1-30(2)19(14-28(39)36-25(29(33)40)12-18-6-4-3-5-7-18)13-21(30)27-16-24(26-17-34-10-11-35-26)37-38(27)20-8-9-22(31)23(32)15-20/h3-11,15-17,19,21,25H,12-14H2,1-2H3,(H2,33,40)(H,36,39)/t19-,21-,25+/m1/s1. The Balaban J connectivity index is 1.35. The minimum absolute atomic E-state index is 0.0971. The van der Waals surface area contributed by atoms with E-state index in [4.69, 9.17) is 34.0 Å². The zero-order chi connectivity index (χ0) is 28.4. The van der Waals surface area contributed by atoms with Crippen molar-refractivity contribution in [1.82, 2.24) is 25.1 Å². The predicted molar refractivity (Wildman–Crippen MR) is 155 cm³/mol. The monoisotopic (exact) mass is 576 g/mol. The van der Waals surface area contributed by atoms with E-state index < -0.39 is 11.9 Å². The molecule has 1 fully saturated rings. The molecule has 1 aliphatic carbocycles. The molecule has 1 aliphatic rings. The van der Waals surface area contributed by atoms with Gasteiger partial charge in [-0.2, -0.15) is 5.10 Å². The highest BCUT2D eigenvalue weighted by Crippen LogP contribution is 2.58. The van der Waals surface area contributed by atoms with Crippen molar-refractivity contribution in [2.24, 2.45) is 17.1 Å². The maximum atomic E-state index is 13.1. The topological polar surface area (TPSA) is 116 Å². The van der Waals surface area contributed by atoms with Gasteiger partial charge in [0.1, 0.15) is 17.4 Å². The molecule has 0 radical (unpaired) electrons. The maximum absolute atomic E-state index is 13.1. The minimum Gasteiger partial charge on any atom is -0.368 e. The molecule has 0 saturated heterocycles. The molecule has 2 aromatic heterocycles. The highest BCUT2D eigenvalue weighted by Gasteiger charge is 2.50. The Morgan fingerprint density at radius 2 is 1.85 bits per heavy atom. The summed E-state index contributed by atoms with van der Waals surface area (Å²) >= 11 is 12.5. The second-order valence-electron chi connectivity index (χ2n) is 10.8. The molecule has 2 heterocycles. The van der Waals surface area contributed by atoms with E-state index in [1.54, 1.807) is 30.7 Å². The van der Waals surface area contributed by atoms with Crippen LogP contribution in [0.3, 0.4) is 0 Å². The van der Waals surface area contributed by atoms with Gasteiger partial charge in [0, 0.05) is 36.8 Å². The molecule has 0 bridgehead atoms. The normalized spacial score (nSPS) is 18.5. The summed E-state index contributed by atoms with van der Waals surface area (Å²) in [5, 5.41) is 8.61. The van der Waals surface area contributed by atoms with Crippen LogP contribution in [-0.2, 0) is 16.0 Å². The molecule has 3 atom stereocenters. The Hall–Kier alpha value is -3.75. The van der Waals surface area contributed by atoms with Gasteiger partial charge in [0.2, 0.25) is 11.8 Å². The second kappa shape index (κ2) is 11.4. The quantitative estimate of drug-likeness (QED) is 0.278.